The highest BCUT2D eigenvalue weighted by Crippen LogP contribution is 2.48. The molecule has 1 aromatic rings. The Balaban J connectivity index is 2.00. The number of benzene rings is 1. The van der Waals surface area contributed by atoms with E-state index in [2.05, 4.69) is 29.7 Å². The van der Waals surface area contributed by atoms with E-state index in [4.69, 9.17) is 21.7 Å². The zero-order valence-corrected chi connectivity index (χ0v) is 14.2. The largest absolute Gasteiger partial charge is 0.396 e. The summed E-state index contributed by atoms with van der Waals surface area (Å²) in [7, 11) is 0. The minimum absolute atomic E-state index is 0.149. The Kier molecular flexibility index (Phi) is 6.09. The number of nitrogens with one attached hydrogen (secondary N) is 2. The highest BCUT2D eigenvalue weighted by Gasteiger charge is 2.44. The maximum absolute atomic E-state index is 9.11. The molecule has 0 saturated heterocycles. The molecule has 2 rings (SSSR count). The van der Waals surface area contributed by atoms with Gasteiger partial charge in [-0.2, -0.15) is 0 Å². The summed E-state index contributed by atoms with van der Waals surface area (Å²) in [5.74, 6) is 1.03. The molecule has 1 aromatic carbocycles. The van der Waals surface area contributed by atoms with Gasteiger partial charge >= 0.3 is 0 Å². The third-order valence-electron chi connectivity index (χ3n) is 4.10. The Morgan fingerprint density at radius 3 is 2.77 bits per heavy atom. The van der Waals surface area contributed by atoms with Gasteiger partial charge in [-0.3, -0.25) is 4.99 Å². The van der Waals surface area contributed by atoms with Gasteiger partial charge in [0.1, 0.15) is 0 Å². The summed E-state index contributed by atoms with van der Waals surface area (Å²) >= 11 is 6.11. The van der Waals surface area contributed by atoms with Crippen molar-refractivity contribution in [3.05, 3.63) is 34.9 Å². The van der Waals surface area contributed by atoms with Gasteiger partial charge in [-0.15, -0.1) is 0 Å². The van der Waals surface area contributed by atoms with Crippen molar-refractivity contribution in [3.63, 3.8) is 0 Å². The normalized spacial score (nSPS) is 17.9. The quantitative estimate of drug-likeness (QED) is 0.534. The predicted molar refractivity (Wildman–Crippen MR) is 92.6 cm³/mol. The van der Waals surface area contributed by atoms with Crippen molar-refractivity contribution in [1.29, 1.82) is 0 Å². The first kappa shape index (κ1) is 17.1. The number of rotatable bonds is 7. The smallest absolute Gasteiger partial charge is 0.191 e. The summed E-state index contributed by atoms with van der Waals surface area (Å²) < 4.78 is 0. The number of hydrogen-bond acceptors (Lipinski definition) is 2. The third-order valence-corrected chi connectivity index (χ3v) is 4.34. The summed E-state index contributed by atoms with van der Waals surface area (Å²) in [4.78, 5) is 4.73. The zero-order valence-electron chi connectivity index (χ0n) is 13.4. The fourth-order valence-corrected chi connectivity index (χ4v) is 2.61. The van der Waals surface area contributed by atoms with Crippen LogP contribution in [0, 0.1) is 5.92 Å². The minimum atomic E-state index is 0.149. The molecule has 0 bridgehead atoms. The standard InChI is InChI=1S/C17H26ClN3O/c1-3-19-16(20-10-13(2)11-22)21-12-17(7-8-17)14-5-4-6-15(18)9-14/h4-6,9,13,22H,3,7-8,10-12H2,1-2H3,(H2,19,20,21). The molecule has 1 atom stereocenters. The van der Waals surface area contributed by atoms with E-state index in [9.17, 15) is 0 Å². The summed E-state index contributed by atoms with van der Waals surface area (Å²) in [6.07, 6.45) is 2.31. The van der Waals surface area contributed by atoms with Gasteiger partial charge in [-0.05, 0) is 43.4 Å². The Bertz CT molecular complexity index is 514. The summed E-state index contributed by atoms with van der Waals surface area (Å²) in [6, 6.07) is 8.11. The number of nitrogens with zero attached hydrogens (tertiary/aromatic N) is 1. The molecule has 1 fully saturated rings. The van der Waals surface area contributed by atoms with Crippen molar-refractivity contribution in [3.8, 4) is 0 Å². The van der Waals surface area contributed by atoms with E-state index < -0.39 is 0 Å². The summed E-state index contributed by atoms with van der Waals surface area (Å²) in [5.41, 5.74) is 1.43. The van der Waals surface area contributed by atoms with Crippen molar-refractivity contribution in [2.45, 2.75) is 32.1 Å². The van der Waals surface area contributed by atoms with Crippen molar-refractivity contribution < 1.29 is 5.11 Å². The Labute approximate surface area is 138 Å². The van der Waals surface area contributed by atoms with E-state index in [1.165, 1.54) is 5.56 Å². The number of aliphatic hydroxyl groups excluding tert-OH is 1. The van der Waals surface area contributed by atoms with E-state index >= 15 is 0 Å². The van der Waals surface area contributed by atoms with Gasteiger partial charge in [0.2, 0.25) is 0 Å². The van der Waals surface area contributed by atoms with Crippen LogP contribution in [-0.4, -0.2) is 37.3 Å². The summed E-state index contributed by atoms with van der Waals surface area (Å²) in [5, 5.41) is 16.4. The number of hydrogen-bond donors (Lipinski definition) is 3. The fraction of sp³-hybridized carbons (Fsp3) is 0.588. The monoisotopic (exact) mass is 323 g/mol. The molecule has 1 unspecified atom stereocenters. The van der Waals surface area contributed by atoms with Crippen LogP contribution in [0.15, 0.2) is 29.3 Å². The van der Waals surface area contributed by atoms with Crippen LogP contribution in [-0.2, 0) is 5.41 Å². The van der Waals surface area contributed by atoms with Crippen LogP contribution in [0.25, 0.3) is 0 Å². The topological polar surface area (TPSA) is 56.7 Å². The molecular formula is C17H26ClN3O. The first-order valence-electron chi connectivity index (χ1n) is 7.99. The van der Waals surface area contributed by atoms with Gasteiger partial charge in [0.25, 0.3) is 0 Å². The van der Waals surface area contributed by atoms with Crippen molar-refractivity contribution in [2.75, 3.05) is 26.2 Å². The van der Waals surface area contributed by atoms with E-state index in [0.29, 0.717) is 6.54 Å². The highest BCUT2D eigenvalue weighted by atomic mass is 35.5. The molecule has 4 nitrogen and oxygen atoms in total. The van der Waals surface area contributed by atoms with E-state index in [-0.39, 0.29) is 17.9 Å². The second-order valence-corrected chi connectivity index (χ2v) is 6.59. The molecule has 0 aliphatic heterocycles. The predicted octanol–water partition coefficient (Wildman–Crippen LogP) is 2.56. The van der Waals surface area contributed by atoms with Crippen LogP contribution in [0.4, 0.5) is 0 Å². The lowest BCUT2D eigenvalue weighted by atomic mass is 9.96. The molecule has 1 aliphatic rings. The van der Waals surface area contributed by atoms with Gasteiger partial charge in [-0.25, -0.2) is 0 Å². The van der Waals surface area contributed by atoms with Gasteiger partial charge in [0.05, 0.1) is 6.54 Å². The number of aliphatic imine (C=N–C) groups is 1. The van der Waals surface area contributed by atoms with Crippen LogP contribution < -0.4 is 10.6 Å². The highest BCUT2D eigenvalue weighted by molar-refractivity contribution is 6.30. The third kappa shape index (κ3) is 4.62. The van der Waals surface area contributed by atoms with Crippen molar-refractivity contribution in [2.24, 2.45) is 10.9 Å². The second-order valence-electron chi connectivity index (χ2n) is 6.15. The SMILES string of the molecule is CCNC(=NCC1(c2cccc(Cl)c2)CC1)NCC(C)CO. The van der Waals surface area contributed by atoms with Gasteiger partial charge in [-0.1, -0.05) is 30.7 Å². The molecule has 1 aliphatic carbocycles. The number of aliphatic hydroxyl groups is 1. The molecule has 0 spiro atoms. The van der Waals surface area contributed by atoms with E-state index in [1.54, 1.807) is 0 Å². The van der Waals surface area contributed by atoms with Crippen LogP contribution in [0.3, 0.4) is 0 Å². The van der Waals surface area contributed by atoms with Gasteiger partial charge in [0.15, 0.2) is 5.96 Å². The zero-order chi connectivity index (χ0) is 16.0. The molecule has 0 aromatic heterocycles. The number of halogens is 1. The maximum atomic E-state index is 9.11. The first-order valence-corrected chi connectivity index (χ1v) is 8.36. The molecule has 1 saturated carbocycles. The van der Waals surface area contributed by atoms with Gasteiger partial charge < -0.3 is 15.7 Å². The molecule has 0 amide bonds. The Hall–Kier alpha value is -1.26. The van der Waals surface area contributed by atoms with Crippen LogP contribution in [0.1, 0.15) is 32.3 Å². The molecule has 0 heterocycles. The van der Waals surface area contributed by atoms with Gasteiger partial charge in [0, 0.05) is 30.1 Å². The minimum Gasteiger partial charge on any atom is -0.396 e. The Morgan fingerprint density at radius 1 is 1.41 bits per heavy atom. The average molecular weight is 324 g/mol. The lowest BCUT2D eigenvalue weighted by Crippen LogP contribution is -2.40. The maximum Gasteiger partial charge on any atom is 0.191 e. The first-order chi connectivity index (χ1) is 10.6. The lowest BCUT2D eigenvalue weighted by Gasteiger charge is -2.17. The van der Waals surface area contributed by atoms with E-state index in [1.807, 2.05) is 19.1 Å². The molecule has 22 heavy (non-hydrogen) atoms. The van der Waals surface area contributed by atoms with Crippen molar-refractivity contribution >= 4 is 17.6 Å². The summed E-state index contributed by atoms with van der Waals surface area (Å²) in [6.45, 7) is 6.53. The number of guanidine groups is 1. The lowest BCUT2D eigenvalue weighted by molar-refractivity contribution is 0.238. The van der Waals surface area contributed by atoms with Crippen LogP contribution >= 0.6 is 11.6 Å². The molecule has 0 radical (unpaired) electrons. The van der Waals surface area contributed by atoms with E-state index in [0.717, 1.165) is 36.9 Å². The molecule has 122 valence electrons. The molecular weight excluding hydrogens is 298 g/mol. The fourth-order valence-electron chi connectivity index (χ4n) is 2.41. The van der Waals surface area contributed by atoms with Crippen molar-refractivity contribution in [1.82, 2.24) is 10.6 Å². The average Bonchev–Trinajstić information content (AvgIpc) is 3.31. The Morgan fingerprint density at radius 2 is 2.18 bits per heavy atom. The molecule has 3 N–H and O–H groups in total. The van der Waals surface area contributed by atoms with Crippen LogP contribution in [0.2, 0.25) is 5.02 Å². The molecule has 5 heteroatoms. The van der Waals surface area contributed by atoms with Crippen LogP contribution in [0.5, 0.6) is 0 Å². The second kappa shape index (κ2) is 7.84.